The first kappa shape index (κ1) is 27.0. The summed E-state index contributed by atoms with van der Waals surface area (Å²) in [5, 5.41) is 24.4. The number of phosphoric ester groups is 1. The molecule has 200 valence electrons. The zero-order chi connectivity index (χ0) is 27.0. The fourth-order valence-electron chi connectivity index (χ4n) is 3.82. The zero-order valence-electron chi connectivity index (χ0n) is 18.5. The number of halogens is 3. The van der Waals surface area contributed by atoms with E-state index in [4.69, 9.17) is 23.8 Å². The van der Waals surface area contributed by atoms with Crippen LogP contribution in [-0.4, -0.2) is 50.9 Å². The fourth-order valence-corrected chi connectivity index (χ4v) is 5.23. The monoisotopic (exact) mass is 549 g/mol. The number of rotatable bonds is 6. The maximum atomic E-state index is 13.1. The highest BCUT2D eigenvalue weighted by molar-refractivity contribution is 7.48. The number of aliphatic hydroxyl groups is 2. The summed E-state index contributed by atoms with van der Waals surface area (Å²) in [5.74, 6) is 0. The standard InChI is InChI=1S/C19H19F3N5O9P/c20-19(21,22)11-3-1-2-10(8-11)12-5-7-33-37(32,36-12)34-9-18(25-26-23)15(30)14(29)16(35-18)27-6-4-13(28)24-17(27)31/h1-4,6,8,12,14-16,29-30H,5,7,9H2,(H,24,28,31)/t12-,14-,15+,16-,18-,37+/m1/s1. The number of aromatic nitrogens is 2. The quantitative estimate of drug-likeness (QED) is 0.209. The zero-order valence-corrected chi connectivity index (χ0v) is 19.4. The number of benzene rings is 1. The van der Waals surface area contributed by atoms with E-state index in [0.29, 0.717) is 4.57 Å². The summed E-state index contributed by atoms with van der Waals surface area (Å²) in [6.07, 6.45) is -10.3. The molecule has 1 aromatic carbocycles. The van der Waals surface area contributed by atoms with Crippen LogP contribution in [-0.2, 0) is 29.0 Å². The molecule has 14 nitrogen and oxygen atoms in total. The third-order valence-corrected chi connectivity index (χ3v) is 7.10. The Hall–Kier alpha value is -3.01. The molecular weight excluding hydrogens is 530 g/mol. The van der Waals surface area contributed by atoms with Crippen molar-refractivity contribution in [1.29, 1.82) is 0 Å². The summed E-state index contributed by atoms with van der Waals surface area (Å²) in [6.45, 7) is -1.26. The lowest BCUT2D eigenvalue weighted by Gasteiger charge is -2.32. The minimum atomic E-state index is -4.62. The summed E-state index contributed by atoms with van der Waals surface area (Å²) < 4.78 is 74.1. The Labute approximate surface area is 204 Å². The molecule has 4 rings (SSSR count). The van der Waals surface area contributed by atoms with E-state index in [1.807, 2.05) is 4.98 Å². The van der Waals surface area contributed by atoms with Crippen molar-refractivity contribution in [3.8, 4) is 0 Å². The summed E-state index contributed by atoms with van der Waals surface area (Å²) in [5.41, 5.74) is 3.91. The normalized spacial score (nSPS) is 32.1. The van der Waals surface area contributed by atoms with Gasteiger partial charge in [-0.25, -0.2) is 9.36 Å². The lowest BCUT2D eigenvalue weighted by atomic mass is 10.0. The second kappa shape index (κ2) is 10.0. The number of nitrogens with zero attached hydrogens (tertiary/aromatic N) is 4. The van der Waals surface area contributed by atoms with Gasteiger partial charge in [0.15, 0.2) is 6.23 Å². The average Bonchev–Trinajstić information content (AvgIpc) is 3.08. The Balaban J connectivity index is 1.55. The van der Waals surface area contributed by atoms with Gasteiger partial charge in [0, 0.05) is 23.6 Å². The van der Waals surface area contributed by atoms with Crippen LogP contribution in [0.3, 0.4) is 0 Å². The second-order valence-corrected chi connectivity index (χ2v) is 9.68. The number of H-pyrrole nitrogens is 1. The van der Waals surface area contributed by atoms with Gasteiger partial charge in [-0.3, -0.25) is 27.9 Å². The molecule has 0 saturated carbocycles. The van der Waals surface area contributed by atoms with Crippen molar-refractivity contribution in [1.82, 2.24) is 9.55 Å². The molecule has 18 heteroatoms. The number of hydrogen-bond donors (Lipinski definition) is 3. The van der Waals surface area contributed by atoms with Crippen molar-refractivity contribution in [2.75, 3.05) is 13.2 Å². The molecule has 0 aliphatic carbocycles. The summed E-state index contributed by atoms with van der Waals surface area (Å²) >= 11 is 0. The molecule has 0 amide bonds. The summed E-state index contributed by atoms with van der Waals surface area (Å²) in [7, 11) is -4.52. The number of phosphoric acid groups is 1. The maximum Gasteiger partial charge on any atom is 0.475 e. The van der Waals surface area contributed by atoms with Gasteiger partial charge in [0.2, 0.25) is 5.72 Å². The predicted octanol–water partition coefficient (Wildman–Crippen LogP) is 2.12. The molecule has 3 N–H and O–H groups in total. The predicted molar refractivity (Wildman–Crippen MR) is 115 cm³/mol. The van der Waals surface area contributed by atoms with E-state index in [-0.39, 0.29) is 18.6 Å². The molecule has 0 spiro atoms. The molecule has 0 radical (unpaired) electrons. The van der Waals surface area contributed by atoms with Crippen molar-refractivity contribution in [3.05, 3.63) is 78.9 Å². The van der Waals surface area contributed by atoms with Gasteiger partial charge in [-0.2, -0.15) is 13.2 Å². The summed E-state index contributed by atoms with van der Waals surface area (Å²) in [6, 6.07) is 5.11. The van der Waals surface area contributed by atoms with Crippen molar-refractivity contribution in [2.24, 2.45) is 5.11 Å². The highest BCUT2D eigenvalue weighted by atomic mass is 31.2. The molecule has 2 aliphatic heterocycles. The van der Waals surface area contributed by atoms with Crippen molar-refractivity contribution in [2.45, 2.75) is 42.9 Å². The largest absolute Gasteiger partial charge is 0.475 e. The first-order valence-corrected chi connectivity index (χ1v) is 12.0. The van der Waals surface area contributed by atoms with Crippen LogP contribution in [0.25, 0.3) is 10.4 Å². The van der Waals surface area contributed by atoms with Gasteiger partial charge in [-0.05, 0) is 23.2 Å². The Bertz CT molecular complexity index is 1380. The van der Waals surface area contributed by atoms with Crippen LogP contribution in [0.2, 0.25) is 0 Å². The molecule has 3 heterocycles. The Morgan fingerprint density at radius 2 is 2.08 bits per heavy atom. The molecule has 2 fully saturated rings. The van der Waals surface area contributed by atoms with Gasteiger partial charge < -0.3 is 14.9 Å². The van der Waals surface area contributed by atoms with Crippen molar-refractivity contribution < 1.29 is 46.3 Å². The van der Waals surface area contributed by atoms with Crippen LogP contribution in [0.15, 0.2) is 51.2 Å². The molecule has 0 bridgehead atoms. The van der Waals surface area contributed by atoms with E-state index in [2.05, 4.69) is 10.0 Å². The van der Waals surface area contributed by atoms with E-state index >= 15 is 0 Å². The van der Waals surface area contributed by atoms with Crippen LogP contribution in [0, 0.1) is 0 Å². The third-order valence-electron chi connectivity index (χ3n) is 5.64. The van der Waals surface area contributed by atoms with Gasteiger partial charge in [0.1, 0.15) is 12.2 Å². The van der Waals surface area contributed by atoms with Gasteiger partial charge >= 0.3 is 19.7 Å². The SMILES string of the molecule is [N-]=[N+]=N[C@]1(CO[P@]2(=O)OCC[C@H](c3cccc(C(F)(F)F)c3)O2)O[C@@H](n2ccc(=O)[nH]c2=O)[C@H](O)[C@@H]1O. The Morgan fingerprint density at radius 3 is 2.76 bits per heavy atom. The summed E-state index contributed by atoms with van der Waals surface area (Å²) in [4.78, 5) is 27.9. The number of aliphatic hydroxyl groups excluding tert-OH is 2. The fraction of sp³-hybridized carbons (Fsp3) is 0.474. The second-order valence-electron chi connectivity index (χ2n) is 8.06. The number of hydrogen-bond acceptors (Lipinski definition) is 10. The van der Waals surface area contributed by atoms with E-state index in [0.717, 1.165) is 30.5 Å². The van der Waals surface area contributed by atoms with E-state index in [9.17, 15) is 37.5 Å². The highest BCUT2D eigenvalue weighted by Gasteiger charge is 2.56. The Morgan fingerprint density at radius 1 is 1.32 bits per heavy atom. The van der Waals surface area contributed by atoms with E-state index < -0.39 is 67.7 Å². The maximum absolute atomic E-state index is 13.1. The van der Waals surface area contributed by atoms with E-state index in [1.165, 1.54) is 6.07 Å². The lowest BCUT2D eigenvalue weighted by molar-refractivity contribution is -0.137. The smallest absolute Gasteiger partial charge is 0.387 e. The topological polar surface area (TPSA) is 198 Å². The van der Waals surface area contributed by atoms with Gasteiger partial charge in [0.05, 0.1) is 24.9 Å². The molecule has 0 unspecified atom stereocenters. The molecular formula is C19H19F3N5O9P. The van der Waals surface area contributed by atoms with Crippen molar-refractivity contribution >= 4 is 7.82 Å². The molecule has 6 atom stereocenters. The average molecular weight is 549 g/mol. The third kappa shape index (κ3) is 5.49. The molecule has 1 aromatic heterocycles. The van der Waals surface area contributed by atoms with E-state index in [1.54, 1.807) is 0 Å². The molecule has 2 aliphatic rings. The number of nitrogens with one attached hydrogen (secondary N) is 1. The number of azide groups is 1. The first-order chi connectivity index (χ1) is 17.4. The van der Waals surface area contributed by atoms with Crippen LogP contribution in [0.5, 0.6) is 0 Å². The van der Waals surface area contributed by atoms with Crippen molar-refractivity contribution in [3.63, 3.8) is 0 Å². The minimum Gasteiger partial charge on any atom is -0.387 e. The highest BCUT2D eigenvalue weighted by Crippen LogP contribution is 2.58. The number of alkyl halides is 3. The van der Waals surface area contributed by atoms with Gasteiger partial charge in [-0.15, -0.1) is 0 Å². The molecule has 2 aromatic rings. The van der Waals surface area contributed by atoms with Gasteiger partial charge in [0.25, 0.3) is 5.56 Å². The Kier molecular flexibility index (Phi) is 7.34. The first-order valence-electron chi connectivity index (χ1n) is 10.5. The molecule has 37 heavy (non-hydrogen) atoms. The van der Waals surface area contributed by atoms with Crippen LogP contribution in [0.4, 0.5) is 13.2 Å². The van der Waals surface area contributed by atoms with Gasteiger partial charge in [-0.1, -0.05) is 17.2 Å². The number of ether oxygens (including phenoxy) is 1. The molecule has 2 saturated heterocycles. The van der Waals surface area contributed by atoms with Crippen LogP contribution < -0.4 is 11.2 Å². The lowest BCUT2D eigenvalue weighted by Crippen LogP contribution is -2.45. The van der Waals surface area contributed by atoms with Crippen LogP contribution >= 0.6 is 7.82 Å². The van der Waals surface area contributed by atoms with Crippen LogP contribution in [0.1, 0.15) is 29.9 Å². The minimum absolute atomic E-state index is 0.0329. The number of aromatic amines is 1.